The maximum atomic E-state index is 13.3. The summed E-state index contributed by atoms with van der Waals surface area (Å²) >= 11 is 1.37. The zero-order valence-electron chi connectivity index (χ0n) is 21.1. The van der Waals surface area contributed by atoms with Gasteiger partial charge in [-0.3, -0.25) is 19.8 Å². The van der Waals surface area contributed by atoms with Gasteiger partial charge >= 0.3 is 0 Å². The van der Waals surface area contributed by atoms with Crippen LogP contribution in [0.4, 0.5) is 5.13 Å². The molecule has 2 aliphatic heterocycles. The van der Waals surface area contributed by atoms with E-state index >= 15 is 0 Å². The fourth-order valence-electron chi connectivity index (χ4n) is 4.47. The standard InChI is InChI=1S/C25H31N5O6S2/c1-17-13-29(16-31)9-10-30(17)14-20-12-26-25(37-20)27-24(32)23(28-36-19-8-11-35-15-19)18-2-4-21(5-3-18)38(33,34)22-6-7-22/h2-5,12,16-17,19,22H,6-11,13-15H2,1H3,(H,26,27,32)/t17-,19-/m1/s1. The molecule has 0 spiro atoms. The van der Waals surface area contributed by atoms with E-state index in [0.29, 0.717) is 62.8 Å². The third-order valence-corrected chi connectivity index (χ3v) is 10.1. The van der Waals surface area contributed by atoms with Crippen LogP contribution in [-0.2, 0) is 35.5 Å². The molecule has 0 radical (unpaired) electrons. The molecule has 2 saturated heterocycles. The SMILES string of the molecule is C[C@@H]1CN(C=O)CCN1Cc1cnc(NC(=O)C(=NO[C@@H]2CCOC2)c2ccc(S(=O)(=O)C3CC3)cc2)s1. The second kappa shape index (κ2) is 11.5. The lowest BCUT2D eigenvalue weighted by Gasteiger charge is -2.37. The molecule has 3 fully saturated rings. The summed E-state index contributed by atoms with van der Waals surface area (Å²) in [6, 6.07) is 6.40. The van der Waals surface area contributed by atoms with E-state index in [4.69, 9.17) is 9.57 Å². The highest BCUT2D eigenvalue weighted by molar-refractivity contribution is 7.92. The third-order valence-electron chi connectivity index (χ3n) is 6.89. The van der Waals surface area contributed by atoms with Crippen LogP contribution in [0, 0.1) is 0 Å². The van der Waals surface area contributed by atoms with Crippen molar-refractivity contribution in [2.75, 3.05) is 38.2 Å². The molecule has 0 unspecified atom stereocenters. The van der Waals surface area contributed by atoms with Crippen molar-refractivity contribution >= 4 is 44.3 Å². The molecule has 2 aromatic rings. The first-order valence-corrected chi connectivity index (χ1v) is 15.0. The molecule has 11 nitrogen and oxygen atoms in total. The van der Waals surface area contributed by atoms with Gasteiger partial charge in [0.2, 0.25) is 6.41 Å². The summed E-state index contributed by atoms with van der Waals surface area (Å²) < 4.78 is 30.5. The van der Waals surface area contributed by atoms with Crippen LogP contribution in [0.15, 0.2) is 40.5 Å². The van der Waals surface area contributed by atoms with Gasteiger partial charge in [-0.1, -0.05) is 17.3 Å². The summed E-state index contributed by atoms with van der Waals surface area (Å²) in [7, 11) is -3.34. The summed E-state index contributed by atoms with van der Waals surface area (Å²) in [4.78, 5) is 39.6. The van der Waals surface area contributed by atoms with Crippen LogP contribution in [0.2, 0.25) is 0 Å². The molecular weight excluding hydrogens is 530 g/mol. The van der Waals surface area contributed by atoms with Gasteiger partial charge in [-0.2, -0.15) is 0 Å². The number of anilines is 1. The summed E-state index contributed by atoms with van der Waals surface area (Å²) in [5, 5.41) is 7.07. The number of rotatable bonds is 10. The van der Waals surface area contributed by atoms with Gasteiger partial charge in [-0.15, -0.1) is 11.3 Å². The summed E-state index contributed by atoms with van der Waals surface area (Å²) in [5.41, 5.74) is 0.470. The molecule has 1 N–H and O–H groups in total. The van der Waals surface area contributed by atoms with Crippen molar-refractivity contribution in [3.63, 3.8) is 0 Å². The number of hydrogen-bond donors (Lipinski definition) is 1. The minimum absolute atomic E-state index is 0.0302. The van der Waals surface area contributed by atoms with Crippen molar-refractivity contribution in [1.29, 1.82) is 0 Å². The van der Waals surface area contributed by atoms with Gasteiger partial charge in [-0.25, -0.2) is 13.4 Å². The van der Waals surface area contributed by atoms with Crippen LogP contribution < -0.4 is 5.32 Å². The van der Waals surface area contributed by atoms with Gasteiger partial charge in [0, 0.05) is 55.3 Å². The third kappa shape index (κ3) is 6.22. The molecule has 38 heavy (non-hydrogen) atoms. The van der Waals surface area contributed by atoms with E-state index in [0.717, 1.165) is 17.8 Å². The molecule has 204 valence electrons. The molecular formula is C25H31N5O6S2. The molecule has 13 heteroatoms. The van der Waals surface area contributed by atoms with Crippen molar-refractivity contribution in [1.82, 2.24) is 14.8 Å². The lowest BCUT2D eigenvalue weighted by Crippen LogP contribution is -2.50. The van der Waals surface area contributed by atoms with Gasteiger partial charge in [-0.05, 0) is 31.9 Å². The predicted molar refractivity (Wildman–Crippen MR) is 142 cm³/mol. The van der Waals surface area contributed by atoms with Crippen LogP contribution in [0.1, 0.15) is 36.6 Å². The number of nitrogens with zero attached hydrogens (tertiary/aromatic N) is 4. The molecule has 1 aliphatic carbocycles. The lowest BCUT2D eigenvalue weighted by atomic mass is 10.1. The van der Waals surface area contributed by atoms with Crippen LogP contribution >= 0.6 is 11.3 Å². The van der Waals surface area contributed by atoms with Crippen molar-refractivity contribution in [3.05, 3.63) is 40.9 Å². The molecule has 5 rings (SSSR count). The first kappa shape index (κ1) is 26.7. The van der Waals surface area contributed by atoms with E-state index in [-0.39, 0.29) is 28.0 Å². The summed E-state index contributed by atoms with van der Waals surface area (Å²) in [6.45, 7) is 5.85. The van der Waals surface area contributed by atoms with E-state index in [2.05, 4.69) is 27.3 Å². The number of carbonyl (C=O) groups excluding carboxylic acids is 2. The number of benzene rings is 1. The minimum Gasteiger partial charge on any atom is -0.389 e. The molecule has 1 aromatic carbocycles. The van der Waals surface area contributed by atoms with Gasteiger partial charge in [0.15, 0.2) is 26.8 Å². The average Bonchev–Trinajstić information content (AvgIpc) is 3.49. The Hall–Kier alpha value is -2.87. The zero-order valence-corrected chi connectivity index (χ0v) is 22.7. The van der Waals surface area contributed by atoms with Crippen LogP contribution in [0.3, 0.4) is 0 Å². The Balaban J connectivity index is 1.28. The number of piperazine rings is 1. The second-order valence-corrected chi connectivity index (χ2v) is 13.1. The summed E-state index contributed by atoms with van der Waals surface area (Å²) in [5.74, 6) is -0.504. The van der Waals surface area contributed by atoms with Crippen LogP contribution in [0.5, 0.6) is 0 Å². The first-order valence-electron chi connectivity index (χ1n) is 12.7. The fourth-order valence-corrected chi connectivity index (χ4v) is 6.96. The average molecular weight is 562 g/mol. The number of aromatic nitrogens is 1. The van der Waals surface area contributed by atoms with Crippen LogP contribution in [0.25, 0.3) is 0 Å². The van der Waals surface area contributed by atoms with Crippen molar-refractivity contribution in [2.45, 2.75) is 55.0 Å². The topological polar surface area (TPSA) is 130 Å². The number of sulfone groups is 1. The smallest absolute Gasteiger partial charge is 0.280 e. The number of oxime groups is 1. The largest absolute Gasteiger partial charge is 0.389 e. The number of thiazole rings is 1. The fraction of sp³-hybridized carbons (Fsp3) is 0.520. The molecule has 3 aliphatic rings. The van der Waals surface area contributed by atoms with Crippen molar-refractivity contribution in [3.8, 4) is 0 Å². The Bertz CT molecular complexity index is 1290. The highest BCUT2D eigenvalue weighted by Crippen LogP contribution is 2.33. The molecule has 3 heterocycles. The van der Waals surface area contributed by atoms with E-state index in [1.165, 1.54) is 23.5 Å². The minimum atomic E-state index is -3.34. The first-order chi connectivity index (χ1) is 18.3. The maximum absolute atomic E-state index is 13.3. The number of carbonyl (C=O) groups is 2. The van der Waals surface area contributed by atoms with E-state index in [1.54, 1.807) is 23.2 Å². The Labute approximate surface area is 225 Å². The quantitative estimate of drug-likeness (QED) is 0.264. The predicted octanol–water partition coefficient (Wildman–Crippen LogP) is 1.89. The number of ether oxygens (including phenoxy) is 1. The summed E-state index contributed by atoms with van der Waals surface area (Å²) in [6.07, 6.45) is 4.41. The highest BCUT2D eigenvalue weighted by atomic mass is 32.2. The Morgan fingerprint density at radius 1 is 1.26 bits per heavy atom. The molecule has 2 atom stereocenters. The van der Waals surface area contributed by atoms with Gasteiger partial charge in [0.05, 0.1) is 23.4 Å². The number of hydrogen-bond acceptors (Lipinski definition) is 10. The van der Waals surface area contributed by atoms with Crippen molar-refractivity contribution in [2.24, 2.45) is 5.16 Å². The van der Waals surface area contributed by atoms with Gasteiger partial charge in [0.25, 0.3) is 5.91 Å². The Kier molecular flexibility index (Phi) is 8.07. The Morgan fingerprint density at radius 3 is 2.71 bits per heavy atom. The van der Waals surface area contributed by atoms with Crippen molar-refractivity contribution < 1.29 is 27.6 Å². The Morgan fingerprint density at radius 2 is 2.05 bits per heavy atom. The second-order valence-electron chi connectivity index (χ2n) is 9.81. The van der Waals surface area contributed by atoms with E-state index < -0.39 is 15.7 Å². The molecule has 2 amide bonds. The normalized spacial score (nSPS) is 22.9. The molecule has 0 bridgehead atoms. The number of nitrogens with one attached hydrogen (secondary N) is 1. The van der Waals surface area contributed by atoms with E-state index in [9.17, 15) is 18.0 Å². The van der Waals surface area contributed by atoms with Gasteiger partial charge in [0.1, 0.15) is 0 Å². The number of amides is 2. The molecule has 1 aromatic heterocycles. The lowest BCUT2D eigenvalue weighted by molar-refractivity contribution is -0.120. The zero-order chi connectivity index (χ0) is 26.7. The highest BCUT2D eigenvalue weighted by Gasteiger charge is 2.37. The van der Waals surface area contributed by atoms with Gasteiger partial charge < -0.3 is 14.5 Å². The molecule has 1 saturated carbocycles. The van der Waals surface area contributed by atoms with E-state index in [1.807, 2.05) is 0 Å². The maximum Gasteiger partial charge on any atom is 0.280 e. The monoisotopic (exact) mass is 561 g/mol. The van der Waals surface area contributed by atoms with Crippen LogP contribution in [-0.4, -0.2) is 91.5 Å².